The fraction of sp³-hybridized carbons (Fsp3) is 0.529. The normalized spacial score (nSPS) is 12.1. The van der Waals surface area contributed by atoms with Gasteiger partial charge in [0.2, 0.25) is 11.8 Å². The van der Waals surface area contributed by atoms with Gasteiger partial charge in [-0.15, -0.1) is 0 Å². The van der Waals surface area contributed by atoms with E-state index < -0.39 is 6.04 Å². The van der Waals surface area contributed by atoms with Gasteiger partial charge in [-0.05, 0) is 38.0 Å². The lowest BCUT2D eigenvalue weighted by atomic mass is 10.1. The molecule has 2 amide bonds. The van der Waals surface area contributed by atoms with Gasteiger partial charge in [-0.3, -0.25) is 9.59 Å². The first-order chi connectivity index (χ1) is 10.4. The molecule has 1 N–H and O–H groups in total. The van der Waals surface area contributed by atoms with Crippen molar-refractivity contribution in [2.24, 2.45) is 0 Å². The average Bonchev–Trinajstić information content (AvgIpc) is 2.47. The molecule has 5 heteroatoms. The van der Waals surface area contributed by atoms with Crippen LogP contribution in [0, 0.1) is 0 Å². The van der Waals surface area contributed by atoms with Crippen LogP contribution in [0.2, 0.25) is 5.02 Å². The van der Waals surface area contributed by atoms with Crippen molar-refractivity contribution in [2.45, 2.75) is 59.2 Å². The molecule has 0 bridgehead atoms. The molecule has 4 nitrogen and oxygen atoms in total. The van der Waals surface area contributed by atoms with E-state index in [1.54, 1.807) is 17.0 Å². The Morgan fingerprint density at radius 3 is 2.23 bits per heavy atom. The summed E-state index contributed by atoms with van der Waals surface area (Å²) in [7, 11) is 0. The second-order valence-corrected chi connectivity index (χ2v) is 6.03. The molecule has 0 aliphatic carbocycles. The standard InChI is InChI=1S/C17H25ClN2O2/c1-5-15(17(22)19-12(3)4)20(16(21)6-2)11-13-7-9-14(18)10-8-13/h7-10,12,15H,5-6,11H2,1-4H3,(H,19,22). The Kier molecular flexibility index (Phi) is 7.39. The molecule has 0 aliphatic rings. The summed E-state index contributed by atoms with van der Waals surface area (Å²) in [5, 5.41) is 3.55. The molecular weight excluding hydrogens is 300 g/mol. The molecule has 1 aromatic carbocycles. The minimum atomic E-state index is -0.453. The first-order valence-electron chi connectivity index (χ1n) is 7.73. The van der Waals surface area contributed by atoms with E-state index in [4.69, 9.17) is 11.6 Å². The monoisotopic (exact) mass is 324 g/mol. The summed E-state index contributed by atoms with van der Waals surface area (Å²) < 4.78 is 0. The van der Waals surface area contributed by atoms with Gasteiger partial charge in [0, 0.05) is 24.0 Å². The number of nitrogens with zero attached hydrogens (tertiary/aromatic N) is 1. The van der Waals surface area contributed by atoms with Crippen molar-refractivity contribution in [1.29, 1.82) is 0 Å². The second-order valence-electron chi connectivity index (χ2n) is 5.59. The smallest absolute Gasteiger partial charge is 0.243 e. The zero-order chi connectivity index (χ0) is 16.7. The minimum absolute atomic E-state index is 0.0271. The third-order valence-corrected chi connectivity index (χ3v) is 3.64. The SMILES string of the molecule is CCC(=O)N(Cc1ccc(Cl)cc1)C(CC)C(=O)NC(C)C. The number of amides is 2. The van der Waals surface area contributed by atoms with Gasteiger partial charge in [0.25, 0.3) is 0 Å². The highest BCUT2D eigenvalue weighted by molar-refractivity contribution is 6.30. The van der Waals surface area contributed by atoms with Crippen LogP contribution in [0.4, 0.5) is 0 Å². The van der Waals surface area contributed by atoms with Crippen molar-refractivity contribution in [3.8, 4) is 0 Å². The summed E-state index contributed by atoms with van der Waals surface area (Å²) in [5.41, 5.74) is 0.960. The molecule has 0 fully saturated rings. The third-order valence-electron chi connectivity index (χ3n) is 3.39. The molecule has 0 saturated heterocycles. The van der Waals surface area contributed by atoms with Crippen molar-refractivity contribution in [3.05, 3.63) is 34.9 Å². The number of hydrogen-bond donors (Lipinski definition) is 1. The predicted molar refractivity (Wildman–Crippen MR) is 89.7 cm³/mol. The maximum Gasteiger partial charge on any atom is 0.243 e. The van der Waals surface area contributed by atoms with E-state index in [0.29, 0.717) is 24.4 Å². The Labute approximate surface area is 137 Å². The van der Waals surface area contributed by atoms with Crippen molar-refractivity contribution >= 4 is 23.4 Å². The molecule has 1 rings (SSSR count). The molecule has 0 spiro atoms. The van der Waals surface area contributed by atoms with Crippen LogP contribution in [0.15, 0.2) is 24.3 Å². The summed E-state index contributed by atoms with van der Waals surface area (Å²) in [6.45, 7) is 7.96. The lowest BCUT2D eigenvalue weighted by molar-refractivity contribution is -0.141. The zero-order valence-electron chi connectivity index (χ0n) is 13.7. The topological polar surface area (TPSA) is 49.4 Å². The number of carbonyl (C=O) groups is 2. The Hall–Kier alpha value is -1.55. The summed E-state index contributed by atoms with van der Waals surface area (Å²) in [6, 6.07) is 6.94. The Morgan fingerprint density at radius 1 is 1.18 bits per heavy atom. The van der Waals surface area contributed by atoms with Gasteiger partial charge in [0.1, 0.15) is 6.04 Å². The highest BCUT2D eigenvalue weighted by atomic mass is 35.5. The van der Waals surface area contributed by atoms with E-state index in [9.17, 15) is 9.59 Å². The van der Waals surface area contributed by atoms with Gasteiger partial charge in [-0.2, -0.15) is 0 Å². The lowest BCUT2D eigenvalue weighted by Gasteiger charge is -2.31. The van der Waals surface area contributed by atoms with Crippen LogP contribution in [0.5, 0.6) is 0 Å². The molecule has 0 saturated carbocycles. The first kappa shape index (κ1) is 18.5. The van der Waals surface area contributed by atoms with Crippen LogP contribution in [-0.4, -0.2) is 28.8 Å². The molecule has 22 heavy (non-hydrogen) atoms. The van der Waals surface area contributed by atoms with Crippen LogP contribution >= 0.6 is 11.6 Å². The maximum absolute atomic E-state index is 12.4. The van der Waals surface area contributed by atoms with Gasteiger partial charge < -0.3 is 10.2 Å². The minimum Gasteiger partial charge on any atom is -0.352 e. The van der Waals surface area contributed by atoms with Crippen molar-refractivity contribution in [3.63, 3.8) is 0 Å². The number of carbonyl (C=O) groups excluding carboxylic acids is 2. The van der Waals surface area contributed by atoms with E-state index in [2.05, 4.69) is 5.32 Å². The molecule has 0 aromatic heterocycles. The summed E-state index contributed by atoms with van der Waals surface area (Å²) >= 11 is 5.89. The molecule has 0 radical (unpaired) electrons. The van der Waals surface area contributed by atoms with Crippen LogP contribution in [0.1, 0.15) is 46.1 Å². The van der Waals surface area contributed by atoms with Crippen LogP contribution in [0.25, 0.3) is 0 Å². The summed E-state index contributed by atoms with van der Waals surface area (Å²) in [6.07, 6.45) is 0.955. The highest BCUT2D eigenvalue weighted by Gasteiger charge is 2.27. The van der Waals surface area contributed by atoms with Gasteiger partial charge in [-0.1, -0.05) is 37.6 Å². The van der Waals surface area contributed by atoms with Crippen LogP contribution in [0.3, 0.4) is 0 Å². The van der Waals surface area contributed by atoms with Crippen molar-refractivity contribution in [1.82, 2.24) is 10.2 Å². The predicted octanol–water partition coefficient (Wildman–Crippen LogP) is 3.38. The Bertz CT molecular complexity index is 500. The first-order valence-corrected chi connectivity index (χ1v) is 8.11. The Balaban J connectivity index is 2.97. The summed E-state index contributed by atoms with van der Waals surface area (Å²) in [4.78, 5) is 26.3. The number of nitrogens with one attached hydrogen (secondary N) is 1. The second kappa shape index (κ2) is 8.79. The van der Waals surface area contributed by atoms with Gasteiger partial charge in [-0.25, -0.2) is 0 Å². The maximum atomic E-state index is 12.4. The van der Waals surface area contributed by atoms with Gasteiger partial charge >= 0.3 is 0 Å². The van der Waals surface area contributed by atoms with Crippen LogP contribution < -0.4 is 5.32 Å². The quantitative estimate of drug-likeness (QED) is 0.836. The number of halogens is 1. The fourth-order valence-corrected chi connectivity index (χ4v) is 2.42. The van der Waals surface area contributed by atoms with E-state index in [1.165, 1.54) is 0 Å². The van der Waals surface area contributed by atoms with Crippen LogP contribution in [-0.2, 0) is 16.1 Å². The largest absolute Gasteiger partial charge is 0.352 e. The molecule has 122 valence electrons. The highest BCUT2D eigenvalue weighted by Crippen LogP contribution is 2.16. The van der Waals surface area contributed by atoms with E-state index >= 15 is 0 Å². The van der Waals surface area contributed by atoms with E-state index in [-0.39, 0.29) is 17.9 Å². The molecule has 1 aromatic rings. The average molecular weight is 325 g/mol. The number of benzene rings is 1. The summed E-state index contributed by atoms with van der Waals surface area (Å²) in [5.74, 6) is -0.131. The van der Waals surface area contributed by atoms with E-state index in [1.807, 2.05) is 39.8 Å². The third kappa shape index (κ3) is 5.34. The lowest BCUT2D eigenvalue weighted by Crippen LogP contribution is -2.50. The molecule has 1 atom stereocenters. The van der Waals surface area contributed by atoms with Crippen molar-refractivity contribution < 1.29 is 9.59 Å². The fourth-order valence-electron chi connectivity index (χ4n) is 2.29. The van der Waals surface area contributed by atoms with Gasteiger partial charge in [0.05, 0.1) is 0 Å². The molecular formula is C17H25ClN2O2. The zero-order valence-corrected chi connectivity index (χ0v) is 14.5. The Morgan fingerprint density at radius 2 is 1.77 bits per heavy atom. The molecule has 0 heterocycles. The van der Waals surface area contributed by atoms with E-state index in [0.717, 1.165) is 5.56 Å². The van der Waals surface area contributed by atoms with Crippen molar-refractivity contribution in [2.75, 3.05) is 0 Å². The molecule has 0 aliphatic heterocycles. The number of rotatable bonds is 7. The van der Waals surface area contributed by atoms with Gasteiger partial charge in [0.15, 0.2) is 0 Å². The molecule has 1 unspecified atom stereocenters. The number of hydrogen-bond acceptors (Lipinski definition) is 2.